The van der Waals surface area contributed by atoms with Gasteiger partial charge in [0.15, 0.2) is 0 Å². The highest BCUT2D eigenvalue weighted by Gasteiger charge is 2.73. The van der Waals surface area contributed by atoms with Gasteiger partial charge < -0.3 is 29.7 Å². The summed E-state index contributed by atoms with van der Waals surface area (Å²) in [5.41, 5.74) is 0.748. The number of hydrogen-bond donors (Lipinski definition) is 2. The van der Waals surface area contributed by atoms with E-state index in [2.05, 4.69) is 15.6 Å². The second-order valence-corrected chi connectivity index (χ2v) is 12.9. The number of ether oxygens (including phenoxy) is 2. The maximum Gasteiger partial charge on any atom is 0.313 e. The zero-order chi connectivity index (χ0) is 34.0. The Morgan fingerprint density at radius 3 is 2.61 bits per heavy atom. The molecule has 4 aliphatic heterocycles. The lowest BCUT2D eigenvalue weighted by Gasteiger charge is -2.35. The number of carbonyl (C=O) groups is 4. The van der Waals surface area contributed by atoms with Crippen molar-refractivity contribution in [3.63, 3.8) is 0 Å². The van der Waals surface area contributed by atoms with E-state index in [1.807, 2.05) is 66.7 Å². The molecule has 0 aliphatic carbocycles. The van der Waals surface area contributed by atoms with Crippen LogP contribution in [0.1, 0.15) is 43.8 Å². The Labute approximate surface area is 283 Å². The first-order chi connectivity index (χ1) is 23.9. The molecular formula is C36H40N6O7. The molecule has 0 saturated carbocycles. The molecule has 13 nitrogen and oxygen atoms in total. The first-order valence-electron chi connectivity index (χ1n) is 16.9. The Bertz CT molecular complexity index is 1780. The van der Waals surface area contributed by atoms with E-state index in [1.54, 1.807) is 26.6 Å². The molecule has 5 bridgehead atoms. The maximum atomic E-state index is 14.9. The van der Waals surface area contributed by atoms with Gasteiger partial charge in [0.05, 0.1) is 24.1 Å². The van der Waals surface area contributed by atoms with Gasteiger partial charge >= 0.3 is 5.97 Å². The Morgan fingerprint density at radius 2 is 1.78 bits per heavy atom. The molecule has 6 atom stereocenters. The van der Waals surface area contributed by atoms with Crippen molar-refractivity contribution in [1.82, 2.24) is 30.1 Å². The Morgan fingerprint density at radius 1 is 0.959 bits per heavy atom. The number of unbranched alkanes of at least 4 members (excludes halogenated alkanes) is 2. The second-order valence-electron chi connectivity index (χ2n) is 12.9. The number of fused-ring (bicyclic) bond motifs is 3. The maximum absolute atomic E-state index is 14.9. The van der Waals surface area contributed by atoms with Crippen molar-refractivity contribution in [2.75, 3.05) is 26.2 Å². The van der Waals surface area contributed by atoms with Crippen molar-refractivity contribution in [2.24, 2.45) is 11.8 Å². The molecule has 4 aliphatic rings. The van der Waals surface area contributed by atoms with Gasteiger partial charge in [-0.2, -0.15) is 0 Å². The molecular weight excluding hydrogens is 628 g/mol. The van der Waals surface area contributed by atoms with Gasteiger partial charge in [-0.05, 0) is 43.4 Å². The van der Waals surface area contributed by atoms with E-state index in [1.165, 1.54) is 0 Å². The van der Waals surface area contributed by atoms with E-state index < -0.39 is 41.7 Å². The normalized spacial score (nSPS) is 29.4. The average Bonchev–Trinajstić information content (AvgIpc) is 3.87. The third-order valence-corrected chi connectivity index (χ3v) is 9.92. The fourth-order valence-electron chi connectivity index (χ4n) is 7.54. The number of aromatic nitrogens is 3. The molecule has 49 heavy (non-hydrogen) atoms. The van der Waals surface area contributed by atoms with E-state index in [9.17, 15) is 24.3 Å². The molecule has 3 amide bonds. The van der Waals surface area contributed by atoms with Crippen LogP contribution in [0.3, 0.4) is 0 Å². The molecule has 5 heterocycles. The first-order valence-corrected chi connectivity index (χ1v) is 16.9. The standard InChI is InChI=1S/C36H40N6O7/c43-21-11-3-10-20-41-32-34(46)40(23-42-26-15-8-7-14-25(26)38-39-42)19-9-2-6-16-29(44)37-22-28(24-12-4-1-5-13-24)48-35(47)30-27-17-18-36(32,49-27)31(30)33(41)45/h1-2,4-5,7-9,12-15,17-18,27-28,30-32,43H,3,6,10-11,16,19-23H2,(H,37,44)/b9-2-/t27-,28-,30+,31+,32-,36+/m0/s1. The number of aliphatic hydroxyl groups is 1. The van der Waals surface area contributed by atoms with Crippen molar-refractivity contribution in [2.45, 2.75) is 62.6 Å². The highest BCUT2D eigenvalue weighted by atomic mass is 16.6. The van der Waals surface area contributed by atoms with Gasteiger partial charge in [0.25, 0.3) is 5.91 Å². The largest absolute Gasteiger partial charge is 0.455 e. The first kappa shape index (κ1) is 32.7. The third kappa shape index (κ3) is 6.12. The van der Waals surface area contributed by atoms with Crippen LogP contribution in [0.5, 0.6) is 0 Å². The lowest BCUT2D eigenvalue weighted by molar-refractivity contribution is -0.159. The van der Waals surface area contributed by atoms with E-state index in [4.69, 9.17) is 9.47 Å². The quantitative estimate of drug-likeness (QED) is 0.209. The summed E-state index contributed by atoms with van der Waals surface area (Å²) in [6.45, 7) is 0.567. The van der Waals surface area contributed by atoms with Crippen molar-refractivity contribution in [3.05, 3.63) is 84.5 Å². The Balaban J connectivity index is 1.27. The van der Waals surface area contributed by atoms with Crippen molar-refractivity contribution >= 4 is 34.7 Å². The molecule has 2 fully saturated rings. The van der Waals surface area contributed by atoms with Crippen LogP contribution in [-0.2, 0) is 35.3 Å². The number of amides is 3. The Kier molecular flexibility index (Phi) is 9.28. The minimum atomic E-state index is -1.38. The molecule has 256 valence electrons. The number of rotatable bonds is 8. The predicted molar refractivity (Wildman–Crippen MR) is 176 cm³/mol. The number of esters is 1. The fourth-order valence-corrected chi connectivity index (χ4v) is 7.54. The summed E-state index contributed by atoms with van der Waals surface area (Å²) in [6, 6.07) is 15.6. The number of carbonyl (C=O) groups excluding carboxylic acids is 4. The van der Waals surface area contributed by atoms with Gasteiger partial charge in [0.1, 0.15) is 35.9 Å². The van der Waals surface area contributed by atoms with Crippen LogP contribution in [0.4, 0.5) is 0 Å². The van der Waals surface area contributed by atoms with Crippen LogP contribution in [0, 0.1) is 11.8 Å². The molecule has 1 spiro atoms. The molecule has 3 aromatic rings. The summed E-state index contributed by atoms with van der Waals surface area (Å²) in [6.07, 6.45) is 8.10. The zero-order valence-electron chi connectivity index (χ0n) is 27.1. The fraction of sp³-hybridized carbons (Fsp3) is 0.444. The molecule has 2 N–H and O–H groups in total. The van der Waals surface area contributed by atoms with Crippen LogP contribution in [0.25, 0.3) is 11.0 Å². The van der Waals surface area contributed by atoms with E-state index in [0.29, 0.717) is 36.8 Å². The van der Waals surface area contributed by atoms with Crippen LogP contribution in [-0.4, -0.2) is 97.6 Å². The summed E-state index contributed by atoms with van der Waals surface area (Å²) in [5.74, 6) is -3.49. The number of cyclic esters (lactones) is 1. The lowest BCUT2D eigenvalue weighted by Crippen LogP contribution is -2.56. The smallest absolute Gasteiger partial charge is 0.313 e. The summed E-state index contributed by atoms with van der Waals surface area (Å²) < 4.78 is 14.3. The highest BCUT2D eigenvalue weighted by molar-refractivity contribution is 5.99. The number of aliphatic hydroxyl groups excluding tert-OH is 1. The van der Waals surface area contributed by atoms with Gasteiger partial charge in [0.2, 0.25) is 11.8 Å². The van der Waals surface area contributed by atoms with E-state index in [0.717, 1.165) is 5.52 Å². The number of likely N-dealkylation sites (tertiary alicyclic amines) is 1. The van der Waals surface area contributed by atoms with Crippen LogP contribution in [0.2, 0.25) is 0 Å². The SMILES string of the molecule is O=C1CC/C=C\CN(Cn2nnc3ccccc32)C(=O)[C@@H]2N(CCCCCO)C(=O)[C@H]3[C@H](C(=O)O[C@H](c4ccccc4)CN1)[C@@H]1C=C[C@]23O1. The minimum absolute atomic E-state index is 0.0271. The van der Waals surface area contributed by atoms with Gasteiger partial charge in [-0.25, -0.2) is 4.68 Å². The zero-order valence-corrected chi connectivity index (χ0v) is 27.1. The number of benzene rings is 2. The van der Waals surface area contributed by atoms with Gasteiger partial charge in [-0.15, -0.1) is 5.10 Å². The number of nitrogens with zero attached hydrogens (tertiary/aromatic N) is 5. The van der Waals surface area contributed by atoms with Crippen LogP contribution >= 0.6 is 0 Å². The molecule has 7 rings (SSSR count). The second kappa shape index (κ2) is 13.9. The van der Waals surface area contributed by atoms with Crippen molar-refractivity contribution in [1.29, 1.82) is 0 Å². The summed E-state index contributed by atoms with van der Waals surface area (Å²) >= 11 is 0. The van der Waals surface area contributed by atoms with Crippen LogP contribution in [0.15, 0.2) is 78.9 Å². The topological polar surface area (TPSA) is 156 Å². The van der Waals surface area contributed by atoms with Crippen molar-refractivity contribution in [3.8, 4) is 0 Å². The Hall–Kier alpha value is -4.88. The van der Waals surface area contributed by atoms with E-state index in [-0.39, 0.29) is 57.1 Å². The summed E-state index contributed by atoms with van der Waals surface area (Å²) in [7, 11) is 0. The molecule has 0 radical (unpaired) electrons. The number of nitrogens with one attached hydrogen (secondary N) is 1. The van der Waals surface area contributed by atoms with Gasteiger partial charge in [-0.3, -0.25) is 19.2 Å². The summed E-state index contributed by atoms with van der Waals surface area (Å²) in [4.78, 5) is 59.5. The lowest BCUT2D eigenvalue weighted by atomic mass is 9.74. The molecule has 13 heteroatoms. The molecule has 2 saturated heterocycles. The minimum Gasteiger partial charge on any atom is -0.455 e. The molecule has 0 unspecified atom stereocenters. The summed E-state index contributed by atoms with van der Waals surface area (Å²) in [5, 5.41) is 20.8. The monoisotopic (exact) mass is 668 g/mol. The van der Waals surface area contributed by atoms with Crippen molar-refractivity contribution < 1.29 is 33.8 Å². The predicted octanol–water partition coefficient (Wildman–Crippen LogP) is 2.28. The average molecular weight is 669 g/mol. The number of para-hydroxylation sites is 1. The van der Waals surface area contributed by atoms with Gasteiger partial charge in [-0.1, -0.05) is 72.0 Å². The van der Waals surface area contributed by atoms with Crippen LogP contribution < -0.4 is 5.32 Å². The van der Waals surface area contributed by atoms with Gasteiger partial charge in [0, 0.05) is 26.1 Å². The highest BCUT2D eigenvalue weighted by Crippen LogP contribution is 2.56. The third-order valence-electron chi connectivity index (χ3n) is 9.92. The van der Waals surface area contributed by atoms with E-state index >= 15 is 0 Å². The number of allylic oxidation sites excluding steroid dienone is 1. The molecule has 1 aromatic heterocycles. The number of hydrogen-bond acceptors (Lipinski definition) is 9. The molecule has 2 aromatic carbocycles.